The van der Waals surface area contributed by atoms with Gasteiger partial charge in [0.1, 0.15) is 5.82 Å². The molecule has 1 heterocycles. The molecule has 0 aliphatic heterocycles. The molecule has 1 aromatic heterocycles. The van der Waals surface area contributed by atoms with Crippen molar-refractivity contribution in [3.8, 4) is 0 Å². The number of carbonyl (C=O) groups is 1. The summed E-state index contributed by atoms with van der Waals surface area (Å²) in [5.41, 5.74) is 1.96. The second-order valence-electron chi connectivity index (χ2n) is 7.87. The summed E-state index contributed by atoms with van der Waals surface area (Å²) in [4.78, 5) is 30.4. The number of nitrogens with one attached hydrogen (secondary N) is 1. The lowest BCUT2D eigenvalue weighted by atomic mass is 10.1. The highest BCUT2D eigenvalue weighted by atomic mass is 32.2. The van der Waals surface area contributed by atoms with E-state index < -0.39 is 0 Å². The molecule has 2 rings (SSSR count). The first-order chi connectivity index (χ1) is 14.9. The van der Waals surface area contributed by atoms with Crippen molar-refractivity contribution in [3.05, 3.63) is 57.3 Å². The predicted octanol–water partition coefficient (Wildman–Crippen LogP) is 4.78. The van der Waals surface area contributed by atoms with Gasteiger partial charge >= 0.3 is 0 Å². The summed E-state index contributed by atoms with van der Waals surface area (Å²) in [6.07, 6.45) is 6.43. The van der Waals surface area contributed by atoms with Crippen LogP contribution in [0.25, 0.3) is 0 Å². The maximum absolute atomic E-state index is 13.2. The van der Waals surface area contributed by atoms with Crippen LogP contribution in [-0.4, -0.2) is 27.3 Å². The molecule has 5 nitrogen and oxygen atoms in total. The highest BCUT2D eigenvalue weighted by Crippen LogP contribution is 2.25. The molecule has 1 atom stereocenters. The molecular weight excluding hydrogens is 413 g/mol. The quantitative estimate of drug-likeness (QED) is 0.289. The molecular formula is C24H34FN3O2S. The molecule has 1 amide bonds. The van der Waals surface area contributed by atoms with Crippen molar-refractivity contribution in [2.24, 2.45) is 7.05 Å². The number of unbranched alkanes of at least 4 members (excludes halogenated alkanes) is 3. The van der Waals surface area contributed by atoms with E-state index in [9.17, 15) is 14.0 Å². The van der Waals surface area contributed by atoms with Gasteiger partial charge in [0, 0.05) is 31.3 Å². The zero-order chi connectivity index (χ0) is 22.8. The molecule has 0 aliphatic carbocycles. The Hall–Kier alpha value is -2.15. The molecule has 1 N–H and O–H groups in total. The number of aromatic nitrogens is 2. The zero-order valence-electron chi connectivity index (χ0n) is 19.0. The smallest absolute Gasteiger partial charge is 0.257 e. The number of nitrogens with zero attached hydrogens (tertiary/aromatic N) is 2. The van der Waals surface area contributed by atoms with E-state index in [1.807, 2.05) is 13.8 Å². The van der Waals surface area contributed by atoms with Gasteiger partial charge in [-0.1, -0.05) is 63.4 Å². The van der Waals surface area contributed by atoms with E-state index in [2.05, 4.69) is 17.2 Å². The Kier molecular flexibility index (Phi) is 10.2. The van der Waals surface area contributed by atoms with E-state index in [1.54, 1.807) is 19.2 Å². The number of aryl methyl sites for hydroxylation is 1. The third kappa shape index (κ3) is 7.49. The first kappa shape index (κ1) is 25.1. The van der Waals surface area contributed by atoms with E-state index in [0.717, 1.165) is 31.2 Å². The van der Waals surface area contributed by atoms with Crippen LogP contribution in [0.5, 0.6) is 0 Å². The SMILES string of the molecule is CCCCCCNC(=O)C(CCC)Sc1nc(C)c(Cc2ccc(F)cc2)c(=O)n1C. The van der Waals surface area contributed by atoms with Gasteiger partial charge < -0.3 is 5.32 Å². The molecule has 0 radical (unpaired) electrons. The Balaban J connectivity index is 2.14. The minimum Gasteiger partial charge on any atom is -0.355 e. The van der Waals surface area contributed by atoms with Crippen LogP contribution in [0.15, 0.2) is 34.2 Å². The van der Waals surface area contributed by atoms with Crippen molar-refractivity contribution in [2.75, 3.05) is 6.54 Å². The lowest BCUT2D eigenvalue weighted by Crippen LogP contribution is -2.34. The van der Waals surface area contributed by atoms with E-state index >= 15 is 0 Å². The van der Waals surface area contributed by atoms with Gasteiger partial charge in [0.05, 0.1) is 5.25 Å². The van der Waals surface area contributed by atoms with Crippen molar-refractivity contribution in [1.29, 1.82) is 0 Å². The highest BCUT2D eigenvalue weighted by molar-refractivity contribution is 8.00. The lowest BCUT2D eigenvalue weighted by Gasteiger charge is -2.18. The largest absolute Gasteiger partial charge is 0.355 e. The standard InChI is InChI=1S/C24H34FN3O2S/c1-5-7-8-9-15-26-22(29)21(10-6-2)31-24-27-17(3)20(23(30)28(24)4)16-18-11-13-19(25)14-12-18/h11-14,21H,5-10,15-16H2,1-4H3,(H,26,29). The van der Waals surface area contributed by atoms with Crippen LogP contribution in [-0.2, 0) is 18.3 Å². The van der Waals surface area contributed by atoms with Crippen LogP contribution >= 0.6 is 11.8 Å². The molecule has 0 spiro atoms. The van der Waals surface area contributed by atoms with E-state index in [4.69, 9.17) is 0 Å². The van der Waals surface area contributed by atoms with E-state index in [1.165, 1.54) is 41.3 Å². The molecule has 31 heavy (non-hydrogen) atoms. The summed E-state index contributed by atoms with van der Waals surface area (Å²) >= 11 is 1.35. The normalized spacial score (nSPS) is 12.0. The van der Waals surface area contributed by atoms with Crippen LogP contribution in [0.1, 0.15) is 69.2 Å². The molecule has 0 saturated carbocycles. The summed E-state index contributed by atoms with van der Waals surface area (Å²) in [5, 5.41) is 3.30. The van der Waals surface area contributed by atoms with Gasteiger partial charge in [-0.3, -0.25) is 14.2 Å². The molecule has 0 aliphatic rings. The maximum atomic E-state index is 13.2. The zero-order valence-corrected chi connectivity index (χ0v) is 19.9. The van der Waals surface area contributed by atoms with E-state index in [0.29, 0.717) is 29.4 Å². The van der Waals surface area contributed by atoms with Crippen LogP contribution in [0.2, 0.25) is 0 Å². The van der Waals surface area contributed by atoms with Crippen molar-refractivity contribution in [3.63, 3.8) is 0 Å². The molecule has 7 heteroatoms. The second kappa shape index (κ2) is 12.6. The molecule has 0 saturated heterocycles. The van der Waals surface area contributed by atoms with Crippen molar-refractivity contribution in [2.45, 2.75) is 76.1 Å². The predicted molar refractivity (Wildman–Crippen MR) is 125 cm³/mol. The Morgan fingerprint density at radius 2 is 1.87 bits per heavy atom. The fourth-order valence-corrected chi connectivity index (χ4v) is 4.58. The number of benzene rings is 1. The Morgan fingerprint density at radius 1 is 1.16 bits per heavy atom. The number of amides is 1. The molecule has 0 fully saturated rings. The van der Waals surface area contributed by atoms with E-state index in [-0.39, 0.29) is 22.5 Å². The van der Waals surface area contributed by atoms with Crippen molar-refractivity contribution >= 4 is 17.7 Å². The fraction of sp³-hybridized carbons (Fsp3) is 0.542. The maximum Gasteiger partial charge on any atom is 0.257 e. The summed E-state index contributed by atoms with van der Waals surface area (Å²) in [6.45, 7) is 6.71. The highest BCUT2D eigenvalue weighted by Gasteiger charge is 2.22. The number of halogens is 1. The first-order valence-corrected chi connectivity index (χ1v) is 12.0. The molecule has 1 unspecified atom stereocenters. The van der Waals surface area contributed by atoms with Crippen LogP contribution in [0.3, 0.4) is 0 Å². The summed E-state index contributed by atoms with van der Waals surface area (Å²) in [6, 6.07) is 6.14. The minimum absolute atomic E-state index is 0.00522. The average Bonchev–Trinajstić information content (AvgIpc) is 2.75. The Morgan fingerprint density at radius 3 is 2.52 bits per heavy atom. The van der Waals surface area contributed by atoms with Gasteiger partial charge in [-0.15, -0.1) is 0 Å². The number of hydrogen-bond acceptors (Lipinski definition) is 4. The van der Waals surface area contributed by atoms with Gasteiger partial charge in [-0.05, 0) is 37.5 Å². The molecule has 1 aromatic carbocycles. The van der Waals surface area contributed by atoms with Crippen molar-refractivity contribution < 1.29 is 9.18 Å². The topological polar surface area (TPSA) is 64.0 Å². The van der Waals surface area contributed by atoms with Gasteiger partial charge in [0.15, 0.2) is 5.16 Å². The van der Waals surface area contributed by atoms with Gasteiger partial charge in [0.2, 0.25) is 5.91 Å². The van der Waals surface area contributed by atoms with Gasteiger partial charge in [0.25, 0.3) is 5.56 Å². The van der Waals surface area contributed by atoms with Gasteiger partial charge in [-0.25, -0.2) is 9.37 Å². The summed E-state index contributed by atoms with van der Waals surface area (Å²) < 4.78 is 14.7. The monoisotopic (exact) mass is 447 g/mol. The lowest BCUT2D eigenvalue weighted by molar-refractivity contribution is -0.120. The number of rotatable bonds is 12. The van der Waals surface area contributed by atoms with Crippen molar-refractivity contribution in [1.82, 2.24) is 14.9 Å². The number of carbonyl (C=O) groups excluding carboxylic acids is 1. The Bertz CT molecular complexity index is 912. The Labute approximate surface area is 188 Å². The number of thioether (sulfide) groups is 1. The third-order valence-corrected chi connectivity index (χ3v) is 6.57. The van der Waals surface area contributed by atoms with Crippen LogP contribution < -0.4 is 10.9 Å². The minimum atomic E-state index is -0.302. The third-order valence-electron chi connectivity index (χ3n) is 5.26. The fourth-order valence-electron chi connectivity index (χ4n) is 3.36. The first-order valence-electron chi connectivity index (χ1n) is 11.1. The number of hydrogen-bond donors (Lipinski definition) is 1. The van der Waals surface area contributed by atoms with Crippen LogP contribution in [0.4, 0.5) is 4.39 Å². The second-order valence-corrected chi connectivity index (χ2v) is 9.04. The van der Waals surface area contributed by atoms with Gasteiger partial charge in [-0.2, -0.15) is 0 Å². The van der Waals surface area contributed by atoms with Crippen LogP contribution in [0, 0.1) is 12.7 Å². The molecule has 2 aromatic rings. The summed E-state index contributed by atoms with van der Waals surface area (Å²) in [5.74, 6) is -0.297. The summed E-state index contributed by atoms with van der Waals surface area (Å²) in [7, 11) is 1.69. The molecule has 0 bridgehead atoms. The average molecular weight is 448 g/mol. The molecule has 170 valence electrons.